The van der Waals surface area contributed by atoms with Crippen LogP contribution in [0.1, 0.15) is 16.7 Å². The van der Waals surface area contributed by atoms with E-state index in [1.165, 1.54) is 7.11 Å². The Morgan fingerprint density at radius 1 is 0.946 bits per heavy atom. The summed E-state index contributed by atoms with van der Waals surface area (Å²) in [5, 5.41) is 3.82. The van der Waals surface area contributed by atoms with Crippen molar-refractivity contribution in [1.82, 2.24) is 24.8 Å². The molecular formula is C28H25ClN6O2. The van der Waals surface area contributed by atoms with E-state index in [1.54, 1.807) is 10.9 Å². The summed E-state index contributed by atoms with van der Waals surface area (Å²) in [6.45, 7) is 0.157. The number of benzene rings is 3. The van der Waals surface area contributed by atoms with Gasteiger partial charge in [-0.1, -0.05) is 103 Å². The van der Waals surface area contributed by atoms with Crippen molar-refractivity contribution in [2.75, 3.05) is 12.8 Å². The second-order valence-electron chi connectivity index (χ2n) is 8.51. The summed E-state index contributed by atoms with van der Waals surface area (Å²) in [5.41, 5.74) is 8.68. The van der Waals surface area contributed by atoms with E-state index in [-0.39, 0.29) is 17.6 Å². The van der Waals surface area contributed by atoms with Crippen molar-refractivity contribution < 1.29 is 9.53 Å². The van der Waals surface area contributed by atoms with Gasteiger partial charge < -0.3 is 15.0 Å². The maximum Gasteiger partial charge on any atom is 0.324 e. The van der Waals surface area contributed by atoms with E-state index in [1.807, 2.05) is 91.0 Å². The fraction of sp³-hybridized carbons (Fsp3) is 0.143. The molecule has 3 N–H and O–H groups in total. The average Bonchev–Trinajstić information content (AvgIpc) is 3.34. The van der Waals surface area contributed by atoms with Crippen LogP contribution in [0.15, 0.2) is 97.3 Å². The van der Waals surface area contributed by atoms with Crippen LogP contribution < -0.4 is 11.1 Å². The second kappa shape index (κ2) is 10.4. The van der Waals surface area contributed by atoms with E-state index in [4.69, 9.17) is 22.1 Å². The summed E-state index contributed by atoms with van der Waals surface area (Å²) in [6.07, 6.45) is 1.57. The van der Waals surface area contributed by atoms with Gasteiger partial charge in [0.2, 0.25) is 5.95 Å². The summed E-state index contributed by atoms with van der Waals surface area (Å²) in [4.78, 5) is 25.9. The van der Waals surface area contributed by atoms with Gasteiger partial charge >= 0.3 is 5.97 Å². The zero-order chi connectivity index (χ0) is 25.8. The molecular weight excluding hydrogens is 488 g/mol. The van der Waals surface area contributed by atoms with E-state index < -0.39 is 17.6 Å². The molecule has 186 valence electrons. The van der Waals surface area contributed by atoms with Gasteiger partial charge in [0.1, 0.15) is 11.6 Å². The number of nitrogens with one attached hydrogen (secondary N) is 1. The molecule has 0 spiro atoms. The Labute approximate surface area is 219 Å². The quantitative estimate of drug-likeness (QED) is 0.182. The van der Waals surface area contributed by atoms with Crippen LogP contribution in [-0.2, 0) is 21.6 Å². The highest BCUT2D eigenvalue weighted by Gasteiger charge is 2.40. The first-order valence-electron chi connectivity index (χ1n) is 11.7. The van der Waals surface area contributed by atoms with Gasteiger partial charge in [-0.15, -0.1) is 0 Å². The molecule has 0 aliphatic rings. The van der Waals surface area contributed by atoms with Crippen molar-refractivity contribution in [2.45, 2.75) is 18.1 Å². The smallest absolute Gasteiger partial charge is 0.324 e. The maximum atomic E-state index is 13.3. The number of hydrogen-bond donors (Lipinski definition) is 2. The third-order valence-electron chi connectivity index (χ3n) is 6.31. The molecule has 0 fully saturated rings. The predicted octanol–water partition coefficient (Wildman–Crippen LogP) is 4.19. The molecule has 0 bridgehead atoms. The lowest BCUT2D eigenvalue weighted by Gasteiger charge is -2.39. The van der Waals surface area contributed by atoms with Crippen LogP contribution in [0.2, 0.25) is 5.15 Å². The molecule has 0 saturated heterocycles. The summed E-state index contributed by atoms with van der Waals surface area (Å²) in [5.74, 6) is -0.420. The van der Waals surface area contributed by atoms with Gasteiger partial charge in [0.25, 0.3) is 0 Å². The molecule has 0 radical (unpaired) electrons. The zero-order valence-electron chi connectivity index (χ0n) is 20.1. The van der Waals surface area contributed by atoms with Crippen molar-refractivity contribution >= 4 is 34.7 Å². The highest BCUT2D eigenvalue weighted by atomic mass is 35.5. The highest BCUT2D eigenvalue weighted by molar-refractivity contribution is 6.33. The molecule has 0 aliphatic heterocycles. The first-order valence-corrected chi connectivity index (χ1v) is 12.1. The predicted molar refractivity (Wildman–Crippen MR) is 143 cm³/mol. The van der Waals surface area contributed by atoms with Crippen LogP contribution in [0.25, 0.3) is 11.2 Å². The largest absolute Gasteiger partial charge is 0.468 e. The number of anilines is 1. The van der Waals surface area contributed by atoms with Crippen LogP contribution in [0, 0.1) is 0 Å². The van der Waals surface area contributed by atoms with Crippen molar-refractivity contribution in [2.24, 2.45) is 0 Å². The molecule has 2 aromatic heterocycles. The summed E-state index contributed by atoms with van der Waals surface area (Å²) in [7, 11) is 1.37. The SMILES string of the molecule is COC(=O)[C@H](Cn1cnc2c(Cl)nc(N)nc21)NC(c1ccccc1)(c1ccccc1)c1ccccc1. The third-order valence-corrected chi connectivity index (χ3v) is 6.58. The molecule has 5 aromatic rings. The number of halogens is 1. The van der Waals surface area contributed by atoms with Gasteiger partial charge in [-0.25, -0.2) is 4.98 Å². The summed E-state index contributed by atoms with van der Waals surface area (Å²) in [6, 6.07) is 29.2. The fourth-order valence-corrected chi connectivity index (χ4v) is 4.87. The zero-order valence-corrected chi connectivity index (χ0v) is 20.8. The Balaban J connectivity index is 1.68. The third kappa shape index (κ3) is 4.64. The van der Waals surface area contributed by atoms with Gasteiger partial charge in [-0.05, 0) is 16.7 Å². The minimum absolute atomic E-state index is 0.0223. The molecule has 0 unspecified atom stereocenters. The van der Waals surface area contributed by atoms with Crippen LogP contribution in [0.3, 0.4) is 0 Å². The number of imidazole rings is 1. The van der Waals surface area contributed by atoms with E-state index in [2.05, 4.69) is 20.3 Å². The molecule has 9 heteroatoms. The fourth-order valence-electron chi connectivity index (χ4n) is 4.65. The number of nitrogens with two attached hydrogens (primary N) is 1. The van der Waals surface area contributed by atoms with Crippen molar-refractivity contribution in [1.29, 1.82) is 0 Å². The monoisotopic (exact) mass is 512 g/mol. The normalized spacial score (nSPS) is 12.4. The molecule has 1 atom stereocenters. The number of aromatic nitrogens is 4. The number of hydrogen-bond acceptors (Lipinski definition) is 7. The van der Waals surface area contributed by atoms with Crippen LogP contribution in [-0.4, -0.2) is 38.6 Å². The number of nitrogens with zero attached hydrogens (tertiary/aromatic N) is 4. The Morgan fingerprint density at radius 2 is 1.46 bits per heavy atom. The molecule has 5 rings (SSSR count). The molecule has 2 heterocycles. The lowest BCUT2D eigenvalue weighted by atomic mass is 9.76. The van der Waals surface area contributed by atoms with Crippen LogP contribution >= 0.6 is 11.6 Å². The van der Waals surface area contributed by atoms with Gasteiger partial charge in [0, 0.05) is 0 Å². The molecule has 3 aromatic carbocycles. The van der Waals surface area contributed by atoms with Crippen molar-refractivity contribution in [3.8, 4) is 0 Å². The van der Waals surface area contributed by atoms with Gasteiger partial charge in [0.05, 0.1) is 25.5 Å². The Morgan fingerprint density at radius 3 is 1.95 bits per heavy atom. The number of ether oxygens (including phenoxy) is 1. The summed E-state index contributed by atoms with van der Waals surface area (Å²) >= 11 is 6.23. The number of carbonyl (C=O) groups excluding carboxylic acids is 1. The lowest BCUT2D eigenvalue weighted by molar-refractivity contribution is -0.143. The Hall–Kier alpha value is -4.27. The minimum Gasteiger partial charge on any atom is -0.468 e. The number of methoxy groups -OCH3 is 1. The van der Waals surface area contributed by atoms with Gasteiger partial charge in [-0.3, -0.25) is 10.1 Å². The lowest BCUT2D eigenvalue weighted by Crippen LogP contribution is -2.54. The van der Waals surface area contributed by atoms with Crippen LogP contribution in [0.5, 0.6) is 0 Å². The number of esters is 1. The van der Waals surface area contributed by atoms with Crippen molar-refractivity contribution in [3.05, 3.63) is 119 Å². The molecule has 37 heavy (non-hydrogen) atoms. The van der Waals surface area contributed by atoms with E-state index in [0.717, 1.165) is 16.7 Å². The number of carbonyl (C=O) groups is 1. The van der Waals surface area contributed by atoms with E-state index in [0.29, 0.717) is 11.2 Å². The van der Waals surface area contributed by atoms with E-state index in [9.17, 15) is 4.79 Å². The molecule has 0 amide bonds. The average molecular weight is 513 g/mol. The van der Waals surface area contributed by atoms with Crippen molar-refractivity contribution in [3.63, 3.8) is 0 Å². The topological polar surface area (TPSA) is 108 Å². The first-order chi connectivity index (χ1) is 18.0. The molecule has 8 nitrogen and oxygen atoms in total. The summed E-state index contributed by atoms with van der Waals surface area (Å²) < 4.78 is 6.98. The molecule has 0 aliphatic carbocycles. The van der Waals surface area contributed by atoms with E-state index >= 15 is 0 Å². The number of rotatable bonds is 8. The van der Waals surface area contributed by atoms with Crippen LogP contribution in [0.4, 0.5) is 5.95 Å². The minimum atomic E-state index is -0.884. The van der Waals surface area contributed by atoms with Gasteiger partial charge in [-0.2, -0.15) is 9.97 Å². The second-order valence-corrected chi connectivity index (χ2v) is 8.87. The number of fused-ring (bicyclic) bond motifs is 1. The Kier molecular flexibility index (Phi) is 6.85. The highest BCUT2D eigenvalue weighted by Crippen LogP contribution is 2.37. The number of nitrogen functional groups attached to an aromatic ring is 1. The Bertz CT molecular complexity index is 1410. The maximum absolute atomic E-state index is 13.3. The first kappa shape index (κ1) is 24.4. The standard InChI is InChI=1S/C28H25ClN6O2/c1-37-26(36)22(17-35-18-31-23-24(29)32-27(30)33-25(23)35)34-28(19-11-5-2-6-12-19,20-13-7-3-8-14-20)21-15-9-4-10-16-21/h2-16,18,22,34H,17H2,1H3,(H2,30,32,33)/t22-/m0/s1. The van der Waals surface area contributed by atoms with Gasteiger partial charge in [0.15, 0.2) is 10.8 Å². The molecule has 0 saturated carbocycles.